The van der Waals surface area contributed by atoms with Crippen molar-refractivity contribution >= 4 is 23.4 Å². The molecule has 1 rings (SSSR count). The van der Waals surface area contributed by atoms with Crippen LogP contribution in [0.4, 0.5) is 0 Å². The molecule has 0 radical (unpaired) electrons. The first-order valence-corrected chi connectivity index (χ1v) is 4.17. The molecule has 0 aliphatic carbocycles. The largest absolute Gasteiger partial charge is 0.435 e. The van der Waals surface area contributed by atoms with Crippen LogP contribution < -0.4 is 0 Å². The first-order valence-electron chi connectivity index (χ1n) is 2.41. The van der Waals surface area contributed by atoms with E-state index in [2.05, 4.69) is 4.98 Å². The number of thioether (sulfide) groups is 1. The molecule has 0 saturated heterocycles. The topological polar surface area (TPSA) is 26.0 Å². The Morgan fingerprint density at radius 1 is 1.89 bits per heavy atom. The normalized spacial score (nSPS) is 10.0. The summed E-state index contributed by atoms with van der Waals surface area (Å²) in [6, 6.07) is 0. The van der Waals surface area contributed by atoms with E-state index in [-0.39, 0.29) is 0 Å². The Morgan fingerprint density at radius 3 is 3.00 bits per heavy atom. The van der Waals surface area contributed by atoms with Crippen LogP contribution in [0, 0.1) is 0 Å². The maximum absolute atomic E-state index is 5.45. The van der Waals surface area contributed by atoms with Crippen molar-refractivity contribution in [3.05, 3.63) is 12.0 Å². The lowest BCUT2D eigenvalue weighted by Gasteiger charge is -1.82. The fraction of sp³-hybridized carbons (Fsp3) is 0.400. The van der Waals surface area contributed by atoms with Crippen LogP contribution in [0.3, 0.4) is 0 Å². The molecule has 2 nitrogen and oxygen atoms in total. The van der Waals surface area contributed by atoms with E-state index in [1.165, 1.54) is 11.8 Å². The summed E-state index contributed by atoms with van der Waals surface area (Å²) in [5.74, 6) is 1.12. The molecule has 1 aromatic heterocycles. The summed E-state index contributed by atoms with van der Waals surface area (Å²) in [6.45, 7) is 0. The molecule has 0 spiro atoms. The first kappa shape index (κ1) is 6.96. The molecule has 0 aliphatic rings. The van der Waals surface area contributed by atoms with Crippen LogP contribution in [0.2, 0.25) is 0 Å². The van der Waals surface area contributed by atoms with E-state index in [9.17, 15) is 0 Å². The molecule has 0 amide bonds. The number of rotatable bonds is 2. The fourth-order valence-corrected chi connectivity index (χ4v) is 0.918. The Bertz CT molecular complexity index is 170. The van der Waals surface area contributed by atoms with E-state index in [0.29, 0.717) is 11.1 Å². The fourth-order valence-electron chi connectivity index (χ4n) is 0.446. The Morgan fingerprint density at radius 2 is 2.67 bits per heavy atom. The number of hydrogen-bond donors (Lipinski definition) is 0. The highest BCUT2D eigenvalue weighted by Gasteiger charge is 1.98. The molecule has 0 unspecified atom stereocenters. The van der Waals surface area contributed by atoms with Gasteiger partial charge in [0.2, 0.25) is 0 Å². The van der Waals surface area contributed by atoms with Gasteiger partial charge < -0.3 is 4.42 Å². The number of halogens is 1. The van der Waals surface area contributed by atoms with Gasteiger partial charge >= 0.3 is 0 Å². The number of aromatic nitrogens is 1. The van der Waals surface area contributed by atoms with Gasteiger partial charge in [-0.25, -0.2) is 4.98 Å². The highest BCUT2D eigenvalue weighted by atomic mass is 35.5. The van der Waals surface area contributed by atoms with E-state index < -0.39 is 0 Å². The monoisotopic (exact) mass is 163 g/mol. The van der Waals surface area contributed by atoms with Crippen molar-refractivity contribution in [2.45, 2.75) is 11.1 Å². The number of oxazole rings is 1. The van der Waals surface area contributed by atoms with Gasteiger partial charge in [-0.1, -0.05) is 11.8 Å². The van der Waals surface area contributed by atoms with Gasteiger partial charge in [0.25, 0.3) is 5.22 Å². The second-order valence-electron chi connectivity index (χ2n) is 1.43. The summed E-state index contributed by atoms with van der Waals surface area (Å²) >= 11 is 6.92. The van der Waals surface area contributed by atoms with Crippen LogP contribution in [0.25, 0.3) is 0 Å². The lowest BCUT2D eigenvalue weighted by atomic mass is 10.6. The summed E-state index contributed by atoms with van der Waals surface area (Å²) in [6.07, 6.45) is 3.54. The zero-order valence-corrected chi connectivity index (χ0v) is 6.50. The van der Waals surface area contributed by atoms with E-state index in [4.69, 9.17) is 16.0 Å². The Labute approximate surface area is 62.6 Å². The number of alkyl halides is 1. The van der Waals surface area contributed by atoms with E-state index in [0.717, 1.165) is 5.76 Å². The summed E-state index contributed by atoms with van der Waals surface area (Å²) < 4.78 is 5.10. The van der Waals surface area contributed by atoms with Gasteiger partial charge in [-0.15, -0.1) is 11.6 Å². The molecule has 0 bridgehead atoms. The van der Waals surface area contributed by atoms with Gasteiger partial charge in [0, 0.05) is 0 Å². The molecule has 0 aromatic carbocycles. The van der Waals surface area contributed by atoms with Gasteiger partial charge in [0.15, 0.2) is 0 Å². The first-order chi connectivity index (χ1) is 4.36. The summed E-state index contributed by atoms with van der Waals surface area (Å²) in [5, 5.41) is 0.672. The highest BCUT2D eigenvalue weighted by molar-refractivity contribution is 7.98. The second kappa shape index (κ2) is 3.13. The minimum absolute atomic E-state index is 0.396. The average molecular weight is 164 g/mol. The summed E-state index contributed by atoms with van der Waals surface area (Å²) in [4.78, 5) is 3.92. The predicted octanol–water partition coefficient (Wildman–Crippen LogP) is 2.14. The van der Waals surface area contributed by atoms with Crippen LogP contribution in [0.5, 0.6) is 0 Å². The van der Waals surface area contributed by atoms with Crippen LogP contribution in [-0.4, -0.2) is 11.2 Å². The number of hydrogen-bond acceptors (Lipinski definition) is 3. The van der Waals surface area contributed by atoms with Crippen LogP contribution in [0.15, 0.2) is 15.8 Å². The maximum Gasteiger partial charge on any atom is 0.255 e. The molecular weight excluding hydrogens is 158 g/mol. The summed E-state index contributed by atoms with van der Waals surface area (Å²) in [5.41, 5.74) is 0. The third-order valence-corrected chi connectivity index (χ3v) is 1.64. The molecule has 0 fully saturated rings. The van der Waals surface area contributed by atoms with Crippen LogP contribution in [0.1, 0.15) is 5.76 Å². The highest BCUT2D eigenvalue weighted by Crippen LogP contribution is 2.14. The van der Waals surface area contributed by atoms with Crippen LogP contribution >= 0.6 is 23.4 Å². The zero-order valence-electron chi connectivity index (χ0n) is 4.93. The lowest BCUT2D eigenvalue weighted by Crippen LogP contribution is -1.64. The van der Waals surface area contributed by atoms with E-state index >= 15 is 0 Å². The summed E-state index contributed by atoms with van der Waals surface area (Å²) in [7, 11) is 0. The van der Waals surface area contributed by atoms with Gasteiger partial charge in [-0.05, 0) is 6.26 Å². The third kappa shape index (κ3) is 1.63. The molecule has 9 heavy (non-hydrogen) atoms. The van der Waals surface area contributed by atoms with Crippen molar-refractivity contribution in [3.63, 3.8) is 0 Å². The van der Waals surface area contributed by atoms with Crippen molar-refractivity contribution in [1.29, 1.82) is 0 Å². The molecule has 1 aromatic rings. The van der Waals surface area contributed by atoms with E-state index in [1.807, 2.05) is 6.26 Å². The van der Waals surface area contributed by atoms with Crippen molar-refractivity contribution in [2.75, 3.05) is 6.26 Å². The Hall–Kier alpha value is -0.150. The van der Waals surface area contributed by atoms with Gasteiger partial charge in [0.05, 0.1) is 12.1 Å². The molecule has 0 aliphatic heterocycles. The van der Waals surface area contributed by atoms with Gasteiger partial charge in [0.1, 0.15) is 5.76 Å². The molecule has 4 heteroatoms. The number of nitrogens with zero attached hydrogens (tertiary/aromatic N) is 1. The van der Waals surface area contributed by atoms with E-state index in [1.54, 1.807) is 6.20 Å². The molecule has 0 N–H and O–H groups in total. The smallest absolute Gasteiger partial charge is 0.255 e. The van der Waals surface area contributed by atoms with Crippen molar-refractivity contribution in [3.8, 4) is 0 Å². The molecular formula is C5H6ClNOS. The lowest BCUT2D eigenvalue weighted by molar-refractivity contribution is 0.429. The Kier molecular flexibility index (Phi) is 2.42. The maximum atomic E-state index is 5.45. The zero-order chi connectivity index (χ0) is 6.69. The SMILES string of the molecule is CSc1ncc(CCl)o1. The second-order valence-corrected chi connectivity index (χ2v) is 2.45. The molecule has 0 saturated carbocycles. The standard InChI is InChI=1S/C5H6ClNOS/c1-9-5-7-3-4(2-6)8-5/h3H,2H2,1H3. The van der Waals surface area contributed by atoms with Gasteiger partial charge in [-0.2, -0.15) is 0 Å². The molecule has 0 atom stereocenters. The quantitative estimate of drug-likeness (QED) is 0.494. The van der Waals surface area contributed by atoms with Crippen molar-refractivity contribution in [2.24, 2.45) is 0 Å². The van der Waals surface area contributed by atoms with Crippen molar-refractivity contribution < 1.29 is 4.42 Å². The predicted molar refractivity (Wildman–Crippen MR) is 37.8 cm³/mol. The van der Waals surface area contributed by atoms with Gasteiger partial charge in [-0.3, -0.25) is 0 Å². The minimum atomic E-state index is 0.396. The molecule has 1 heterocycles. The average Bonchev–Trinajstić information content (AvgIpc) is 2.34. The molecule has 50 valence electrons. The Balaban J connectivity index is 2.74. The van der Waals surface area contributed by atoms with Crippen LogP contribution in [-0.2, 0) is 5.88 Å². The van der Waals surface area contributed by atoms with Crippen molar-refractivity contribution in [1.82, 2.24) is 4.98 Å². The third-order valence-electron chi connectivity index (χ3n) is 0.839. The minimum Gasteiger partial charge on any atom is -0.435 e.